The van der Waals surface area contributed by atoms with Gasteiger partial charge in [-0.05, 0) is 23.4 Å². The predicted molar refractivity (Wildman–Crippen MR) is 87.0 cm³/mol. The standard InChI is InChI=1S/C18H12F5N3O3/c19-12-2-1-9(18(21,22)23)3-11(12)17(20)5-10(6-17)28-16-8-24-13(7-25-16)14-4-15(27)26-29-14/h1-4,7-8,10H,5-6H2,(H,26,27). The molecule has 2 aromatic heterocycles. The Kier molecular flexibility index (Phi) is 4.39. The summed E-state index contributed by atoms with van der Waals surface area (Å²) >= 11 is 0. The summed E-state index contributed by atoms with van der Waals surface area (Å²) in [5.74, 6) is -1.14. The van der Waals surface area contributed by atoms with E-state index in [1.54, 1.807) is 0 Å². The van der Waals surface area contributed by atoms with Crippen LogP contribution in [0.1, 0.15) is 24.0 Å². The van der Waals surface area contributed by atoms with E-state index in [9.17, 15) is 22.0 Å². The SMILES string of the molecule is Oc1cc(-c2cnc(OC3CC(F)(c4cc(C(F)(F)F)ccc4F)C3)cn2)on1. The molecule has 0 amide bonds. The van der Waals surface area contributed by atoms with Crippen molar-refractivity contribution in [3.63, 3.8) is 0 Å². The molecule has 1 aliphatic rings. The number of hydrogen-bond acceptors (Lipinski definition) is 6. The highest BCUT2D eigenvalue weighted by atomic mass is 19.4. The number of hydrogen-bond donors (Lipinski definition) is 1. The van der Waals surface area contributed by atoms with Crippen molar-refractivity contribution in [2.45, 2.75) is 30.8 Å². The molecule has 0 radical (unpaired) electrons. The summed E-state index contributed by atoms with van der Waals surface area (Å²) < 4.78 is 77.6. The fourth-order valence-corrected chi connectivity index (χ4v) is 3.07. The normalized spacial score (nSPS) is 21.6. The van der Waals surface area contributed by atoms with Gasteiger partial charge in [-0.2, -0.15) is 13.2 Å². The van der Waals surface area contributed by atoms with Gasteiger partial charge in [-0.25, -0.2) is 18.7 Å². The first-order valence-corrected chi connectivity index (χ1v) is 8.35. The molecule has 1 aliphatic carbocycles. The summed E-state index contributed by atoms with van der Waals surface area (Å²) in [4.78, 5) is 7.98. The zero-order valence-electron chi connectivity index (χ0n) is 14.5. The van der Waals surface area contributed by atoms with Crippen molar-refractivity contribution < 1.29 is 36.3 Å². The monoisotopic (exact) mass is 413 g/mol. The van der Waals surface area contributed by atoms with E-state index >= 15 is 0 Å². The average Bonchev–Trinajstić information content (AvgIpc) is 3.06. The third-order valence-electron chi connectivity index (χ3n) is 4.54. The van der Waals surface area contributed by atoms with Crippen molar-refractivity contribution in [3.8, 4) is 23.2 Å². The highest BCUT2D eigenvalue weighted by molar-refractivity contribution is 5.51. The Bertz CT molecular complexity index is 1030. The molecule has 0 spiro atoms. The molecule has 6 nitrogen and oxygen atoms in total. The molecule has 11 heteroatoms. The van der Waals surface area contributed by atoms with Crippen molar-refractivity contribution in [1.29, 1.82) is 0 Å². The highest BCUT2D eigenvalue weighted by Gasteiger charge is 2.50. The quantitative estimate of drug-likeness (QED) is 0.639. The fourth-order valence-electron chi connectivity index (χ4n) is 3.07. The second-order valence-electron chi connectivity index (χ2n) is 6.60. The lowest BCUT2D eigenvalue weighted by atomic mass is 9.74. The minimum Gasteiger partial charge on any atom is -0.491 e. The van der Waals surface area contributed by atoms with Gasteiger partial charge in [0.1, 0.15) is 23.3 Å². The van der Waals surface area contributed by atoms with E-state index in [-0.39, 0.29) is 36.1 Å². The third-order valence-corrected chi connectivity index (χ3v) is 4.54. The number of benzene rings is 1. The fraction of sp³-hybridized carbons (Fsp3) is 0.278. The Morgan fingerprint density at radius 1 is 1.14 bits per heavy atom. The molecule has 1 saturated carbocycles. The van der Waals surface area contributed by atoms with Gasteiger partial charge in [-0.15, -0.1) is 0 Å². The Morgan fingerprint density at radius 3 is 2.48 bits per heavy atom. The minimum absolute atomic E-state index is 0.0500. The summed E-state index contributed by atoms with van der Waals surface area (Å²) in [5.41, 5.74) is -3.75. The molecule has 3 aromatic rings. The second-order valence-corrected chi connectivity index (χ2v) is 6.60. The maximum Gasteiger partial charge on any atom is 0.416 e. The van der Waals surface area contributed by atoms with Crippen molar-refractivity contribution in [3.05, 3.63) is 53.6 Å². The van der Waals surface area contributed by atoms with Gasteiger partial charge >= 0.3 is 6.18 Å². The molecule has 0 unspecified atom stereocenters. The number of aromatic hydroxyl groups is 1. The molecule has 2 heterocycles. The molecular weight excluding hydrogens is 401 g/mol. The van der Waals surface area contributed by atoms with Gasteiger partial charge < -0.3 is 14.4 Å². The van der Waals surface area contributed by atoms with Crippen LogP contribution in [-0.4, -0.2) is 26.3 Å². The van der Waals surface area contributed by atoms with Gasteiger partial charge in [-0.3, -0.25) is 0 Å². The molecule has 1 N–H and O–H groups in total. The van der Waals surface area contributed by atoms with Crippen LogP contribution in [0.25, 0.3) is 11.5 Å². The zero-order chi connectivity index (χ0) is 20.8. The van der Waals surface area contributed by atoms with Crippen LogP contribution in [0, 0.1) is 5.82 Å². The summed E-state index contributed by atoms with van der Waals surface area (Å²) in [5, 5.41) is 12.4. The van der Waals surface area contributed by atoms with E-state index in [1.807, 2.05) is 0 Å². The maximum atomic E-state index is 14.9. The van der Waals surface area contributed by atoms with Crippen molar-refractivity contribution >= 4 is 0 Å². The third kappa shape index (κ3) is 3.71. The van der Waals surface area contributed by atoms with Crippen LogP contribution in [0.15, 0.2) is 41.2 Å². The van der Waals surface area contributed by atoms with Gasteiger partial charge in [0.2, 0.25) is 5.88 Å². The number of aromatic nitrogens is 3. The van der Waals surface area contributed by atoms with Crippen molar-refractivity contribution in [1.82, 2.24) is 15.1 Å². The summed E-state index contributed by atoms with van der Waals surface area (Å²) in [6.45, 7) is 0. The number of alkyl halides is 4. The van der Waals surface area contributed by atoms with Gasteiger partial charge in [0.05, 0.1) is 24.0 Å². The second kappa shape index (κ2) is 6.68. The average molecular weight is 413 g/mol. The number of nitrogens with zero attached hydrogens (tertiary/aromatic N) is 3. The summed E-state index contributed by atoms with van der Waals surface area (Å²) in [6, 6.07) is 2.91. The van der Waals surface area contributed by atoms with Crippen molar-refractivity contribution in [2.75, 3.05) is 0 Å². The number of halogens is 5. The van der Waals surface area contributed by atoms with Gasteiger partial charge in [0, 0.05) is 18.4 Å². The van der Waals surface area contributed by atoms with Crippen LogP contribution in [-0.2, 0) is 11.8 Å². The Hall–Kier alpha value is -3.24. The van der Waals surface area contributed by atoms with E-state index in [4.69, 9.17) is 14.4 Å². The maximum absolute atomic E-state index is 14.9. The molecule has 4 rings (SSSR count). The van der Waals surface area contributed by atoms with Gasteiger partial charge in [-0.1, -0.05) is 0 Å². The smallest absolute Gasteiger partial charge is 0.416 e. The molecule has 0 saturated heterocycles. The van der Waals surface area contributed by atoms with E-state index < -0.39 is 34.9 Å². The Balaban J connectivity index is 1.43. The largest absolute Gasteiger partial charge is 0.491 e. The molecular formula is C18H12F5N3O3. The molecule has 1 aromatic carbocycles. The highest BCUT2D eigenvalue weighted by Crippen LogP contribution is 2.48. The first-order chi connectivity index (χ1) is 13.6. The predicted octanol–water partition coefficient (Wildman–Crippen LogP) is 4.40. The summed E-state index contributed by atoms with van der Waals surface area (Å²) in [6.07, 6.45) is -3.55. The lowest BCUT2D eigenvalue weighted by molar-refractivity contribution is -0.137. The van der Waals surface area contributed by atoms with Gasteiger partial charge in [0.15, 0.2) is 5.76 Å². The minimum atomic E-state index is -4.70. The van der Waals surface area contributed by atoms with E-state index in [1.165, 1.54) is 18.5 Å². The van der Waals surface area contributed by atoms with Crippen molar-refractivity contribution in [2.24, 2.45) is 0 Å². The molecule has 1 fully saturated rings. The van der Waals surface area contributed by atoms with E-state index in [0.29, 0.717) is 18.2 Å². The molecule has 0 bridgehead atoms. The lowest BCUT2D eigenvalue weighted by Gasteiger charge is -2.41. The lowest BCUT2D eigenvalue weighted by Crippen LogP contribution is -2.45. The van der Waals surface area contributed by atoms with Crippen LogP contribution in [0.3, 0.4) is 0 Å². The number of ether oxygens (including phenoxy) is 1. The topological polar surface area (TPSA) is 81.3 Å². The van der Waals surface area contributed by atoms with Crippen LogP contribution < -0.4 is 4.74 Å². The number of rotatable bonds is 4. The van der Waals surface area contributed by atoms with Crippen LogP contribution in [0.5, 0.6) is 11.8 Å². The first-order valence-electron chi connectivity index (χ1n) is 8.35. The molecule has 0 aliphatic heterocycles. The van der Waals surface area contributed by atoms with Crippen LogP contribution in [0.4, 0.5) is 22.0 Å². The first kappa shape index (κ1) is 19.1. The van der Waals surface area contributed by atoms with E-state index in [0.717, 1.165) is 0 Å². The van der Waals surface area contributed by atoms with E-state index in [2.05, 4.69) is 15.1 Å². The van der Waals surface area contributed by atoms with Crippen LogP contribution in [0.2, 0.25) is 0 Å². The Labute approximate surface area is 160 Å². The molecule has 29 heavy (non-hydrogen) atoms. The molecule has 152 valence electrons. The summed E-state index contributed by atoms with van der Waals surface area (Å²) in [7, 11) is 0. The van der Waals surface area contributed by atoms with Crippen LogP contribution >= 0.6 is 0 Å². The zero-order valence-corrected chi connectivity index (χ0v) is 14.5. The molecule has 0 atom stereocenters. The Morgan fingerprint density at radius 2 is 1.90 bits per heavy atom. The van der Waals surface area contributed by atoms with Gasteiger partial charge in [0.25, 0.3) is 5.88 Å².